The molecular formula is C15H29NO. The van der Waals surface area contributed by atoms with E-state index in [2.05, 4.69) is 11.9 Å². The van der Waals surface area contributed by atoms with Crippen LogP contribution in [0.15, 0.2) is 0 Å². The largest absolute Gasteiger partial charge is 0.393 e. The van der Waals surface area contributed by atoms with Crippen molar-refractivity contribution in [2.45, 2.75) is 63.9 Å². The minimum atomic E-state index is -0.0300. The van der Waals surface area contributed by atoms with Gasteiger partial charge in [0, 0.05) is 13.1 Å². The molecule has 2 nitrogen and oxygen atoms in total. The van der Waals surface area contributed by atoms with Crippen molar-refractivity contribution in [2.24, 2.45) is 11.8 Å². The van der Waals surface area contributed by atoms with Crippen LogP contribution in [0.2, 0.25) is 0 Å². The molecule has 2 heteroatoms. The van der Waals surface area contributed by atoms with Gasteiger partial charge in [-0.25, -0.2) is 0 Å². The van der Waals surface area contributed by atoms with Crippen molar-refractivity contribution in [1.82, 2.24) is 4.90 Å². The van der Waals surface area contributed by atoms with Crippen molar-refractivity contribution >= 4 is 0 Å². The van der Waals surface area contributed by atoms with Gasteiger partial charge in [-0.2, -0.15) is 0 Å². The van der Waals surface area contributed by atoms with Crippen LogP contribution in [0.3, 0.4) is 0 Å². The molecule has 0 aromatic rings. The lowest BCUT2D eigenvalue weighted by Crippen LogP contribution is -2.37. The Morgan fingerprint density at radius 1 is 0.882 bits per heavy atom. The van der Waals surface area contributed by atoms with E-state index in [1.165, 1.54) is 57.9 Å². The van der Waals surface area contributed by atoms with Crippen LogP contribution < -0.4 is 0 Å². The van der Waals surface area contributed by atoms with Crippen LogP contribution in [-0.2, 0) is 0 Å². The number of aliphatic hydroxyl groups is 1. The molecule has 0 heterocycles. The molecule has 2 unspecified atom stereocenters. The maximum Gasteiger partial charge on any atom is 0.0580 e. The number of hydrogen-bond acceptors (Lipinski definition) is 2. The summed E-state index contributed by atoms with van der Waals surface area (Å²) in [6.45, 7) is 2.36. The summed E-state index contributed by atoms with van der Waals surface area (Å²) < 4.78 is 0. The molecule has 0 amide bonds. The van der Waals surface area contributed by atoms with Gasteiger partial charge in [0.05, 0.1) is 6.10 Å². The van der Waals surface area contributed by atoms with E-state index in [1.807, 2.05) is 0 Å². The van der Waals surface area contributed by atoms with Gasteiger partial charge in [0.25, 0.3) is 0 Å². The van der Waals surface area contributed by atoms with Crippen molar-refractivity contribution < 1.29 is 5.11 Å². The molecular weight excluding hydrogens is 210 g/mol. The Bertz CT molecular complexity index is 213. The summed E-state index contributed by atoms with van der Waals surface area (Å²) in [4.78, 5) is 2.48. The Morgan fingerprint density at radius 3 is 2.24 bits per heavy atom. The van der Waals surface area contributed by atoms with Crippen LogP contribution in [0, 0.1) is 11.8 Å². The fourth-order valence-corrected chi connectivity index (χ4v) is 3.69. The fourth-order valence-electron chi connectivity index (χ4n) is 3.69. The zero-order valence-electron chi connectivity index (χ0n) is 11.4. The first-order valence-corrected chi connectivity index (χ1v) is 7.62. The zero-order chi connectivity index (χ0) is 12.1. The van der Waals surface area contributed by atoms with E-state index >= 15 is 0 Å². The average molecular weight is 239 g/mol. The van der Waals surface area contributed by atoms with E-state index in [9.17, 15) is 5.11 Å². The molecule has 2 rings (SSSR count). The quantitative estimate of drug-likeness (QED) is 0.815. The van der Waals surface area contributed by atoms with E-state index in [-0.39, 0.29) is 6.10 Å². The predicted molar refractivity (Wildman–Crippen MR) is 72.0 cm³/mol. The van der Waals surface area contributed by atoms with Crippen molar-refractivity contribution in [1.29, 1.82) is 0 Å². The number of hydrogen-bond donors (Lipinski definition) is 1. The van der Waals surface area contributed by atoms with Gasteiger partial charge in [0.1, 0.15) is 0 Å². The highest BCUT2D eigenvalue weighted by Crippen LogP contribution is 2.27. The van der Waals surface area contributed by atoms with Gasteiger partial charge in [0.2, 0.25) is 0 Å². The lowest BCUT2D eigenvalue weighted by molar-refractivity contribution is 0.0475. The Hall–Kier alpha value is -0.0800. The molecule has 100 valence electrons. The summed E-state index contributed by atoms with van der Waals surface area (Å²) in [6, 6.07) is 0. The standard InChI is InChI=1S/C15H29NO/c1-16(11-13-7-3-2-4-8-13)12-14-9-5-6-10-15(14)17/h13-15,17H,2-12H2,1H3. The third kappa shape index (κ3) is 4.26. The Morgan fingerprint density at radius 2 is 1.53 bits per heavy atom. The lowest BCUT2D eigenvalue weighted by atomic mass is 9.85. The highest BCUT2D eigenvalue weighted by Gasteiger charge is 2.25. The molecule has 2 fully saturated rings. The summed E-state index contributed by atoms with van der Waals surface area (Å²) in [5.74, 6) is 1.46. The summed E-state index contributed by atoms with van der Waals surface area (Å²) >= 11 is 0. The molecule has 0 spiro atoms. The first-order chi connectivity index (χ1) is 8.25. The van der Waals surface area contributed by atoms with E-state index in [0.29, 0.717) is 5.92 Å². The number of nitrogens with zero attached hydrogens (tertiary/aromatic N) is 1. The van der Waals surface area contributed by atoms with E-state index in [4.69, 9.17) is 0 Å². The summed E-state index contributed by atoms with van der Waals surface area (Å²) in [7, 11) is 2.25. The molecule has 2 saturated carbocycles. The molecule has 2 atom stereocenters. The van der Waals surface area contributed by atoms with Gasteiger partial charge in [-0.15, -0.1) is 0 Å². The van der Waals surface area contributed by atoms with Crippen molar-refractivity contribution in [3.8, 4) is 0 Å². The lowest BCUT2D eigenvalue weighted by Gasteiger charge is -2.33. The van der Waals surface area contributed by atoms with Gasteiger partial charge in [-0.05, 0) is 44.6 Å². The molecule has 0 saturated heterocycles. The van der Waals surface area contributed by atoms with Gasteiger partial charge in [0.15, 0.2) is 0 Å². The van der Waals surface area contributed by atoms with Crippen LogP contribution in [0.4, 0.5) is 0 Å². The van der Waals surface area contributed by atoms with Crippen molar-refractivity contribution in [2.75, 3.05) is 20.1 Å². The summed E-state index contributed by atoms with van der Waals surface area (Å²) in [6.07, 6.45) is 11.9. The zero-order valence-corrected chi connectivity index (χ0v) is 11.4. The maximum atomic E-state index is 10.00. The fraction of sp³-hybridized carbons (Fsp3) is 1.00. The number of aliphatic hydroxyl groups excluding tert-OH is 1. The smallest absolute Gasteiger partial charge is 0.0580 e. The van der Waals surface area contributed by atoms with Crippen molar-refractivity contribution in [3.05, 3.63) is 0 Å². The second-order valence-electron chi connectivity index (χ2n) is 6.34. The minimum absolute atomic E-state index is 0.0300. The Labute approximate surface area is 106 Å². The van der Waals surface area contributed by atoms with Crippen LogP contribution in [-0.4, -0.2) is 36.2 Å². The first-order valence-electron chi connectivity index (χ1n) is 7.62. The summed E-state index contributed by atoms with van der Waals surface area (Å²) in [5, 5.41) is 10.00. The van der Waals surface area contributed by atoms with Gasteiger partial charge >= 0.3 is 0 Å². The molecule has 0 bridgehead atoms. The van der Waals surface area contributed by atoms with Crippen molar-refractivity contribution in [3.63, 3.8) is 0 Å². The first kappa shape index (κ1) is 13.4. The van der Waals surface area contributed by atoms with E-state index in [1.54, 1.807) is 0 Å². The van der Waals surface area contributed by atoms with Gasteiger partial charge in [-0.1, -0.05) is 32.1 Å². The second kappa shape index (κ2) is 6.75. The molecule has 0 aromatic carbocycles. The molecule has 1 N–H and O–H groups in total. The van der Waals surface area contributed by atoms with Crippen LogP contribution in [0.25, 0.3) is 0 Å². The third-order valence-corrected chi connectivity index (χ3v) is 4.71. The predicted octanol–water partition coefficient (Wildman–Crippen LogP) is 3.05. The monoisotopic (exact) mass is 239 g/mol. The molecule has 0 radical (unpaired) electrons. The van der Waals surface area contributed by atoms with Crippen LogP contribution in [0.5, 0.6) is 0 Å². The third-order valence-electron chi connectivity index (χ3n) is 4.71. The topological polar surface area (TPSA) is 23.5 Å². The molecule has 2 aliphatic rings. The minimum Gasteiger partial charge on any atom is -0.393 e. The summed E-state index contributed by atoms with van der Waals surface area (Å²) in [5.41, 5.74) is 0. The van der Waals surface area contributed by atoms with Gasteiger partial charge < -0.3 is 10.0 Å². The molecule has 0 aliphatic heterocycles. The maximum absolute atomic E-state index is 10.00. The Kier molecular flexibility index (Phi) is 5.30. The molecule has 0 aromatic heterocycles. The highest BCUT2D eigenvalue weighted by molar-refractivity contribution is 4.78. The van der Waals surface area contributed by atoms with Crippen LogP contribution in [0.1, 0.15) is 57.8 Å². The Balaban J connectivity index is 1.70. The highest BCUT2D eigenvalue weighted by atomic mass is 16.3. The van der Waals surface area contributed by atoms with Crippen LogP contribution >= 0.6 is 0 Å². The van der Waals surface area contributed by atoms with Gasteiger partial charge in [-0.3, -0.25) is 0 Å². The van der Waals surface area contributed by atoms with E-state index in [0.717, 1.165) is 18.9 Å². The second-order valence-corrected chi connectivity index (χ2v) is 6.34. The SMILES string of the molecule is CN(CC1CCCCC1)CC1CCCCC1O. The number of rotatable bonds is 4. The van der Waals surface area contributed by atoms with E-state index < -0.39 is 0 Å². The molecule has 17 heavy (non-hydrogen) atoms. The average Bonchev–Trinajstić information content (AvgIpc) is 2.33. The molecule has 2 aliphatic carbocycles. The normalized spacial score (nSPS) is 31.9.